The van der Waals surface area contributed by atoms with Crippen LogP contribution >= 0.6 is 11.8 Å². The molecule has 1 N–H and O–H groups in total. The average molecular weight is 455 g/mol. The topological polar surface area (TPSA) is 87.5 Å². The molecule has 1 unspecified atom stereocenters. The number of allylic oxidation sites excluding steroid dienone is 1. The van der Waals surface area contributed by atoms with Gasteiger partial charge >= 0.3 is 0 Å². The molecule has 1 aromatic heterocycles. The van der Waals surface area contributed by atoms with E-state index in [1.54, 1.807) is 44.6 Å². The van der Waals surface area contributed by atoms with Crippen molar-refractivity contribution in [3.63, 3.8) is 0 Å². The van der Waals surface area contributed by atoms with Crippen LogP contribution in [-0.4, -0.2) is 40.6 Å². The first-order chi connectivity index (χ1) is 15.5. The highest BCUT2D eigenvalue weighted by molar-refractivity contribution is 7.99. The fraction of sp³-hybridized carbons (Fsp3) is 0.261. The monoisotopic (exact) mass is 454 g/mol. The number of nitrogens with zero attached hydrogens (tertiary/aromatic N) is 3. The Labute approximate surface area is 191 Å². The van der Waals surface area contributed by atoms with Crippen LogP contribution in [0.15, 0.2) is 66.3 Å². The van der Waals surface area contributed by atoms with Gasteiger partial charge in [-0.25, -0.2) is 0 Å². The van der Waals surface area contributed by atoms with Gasteiger partial charge in [0.25, 0.3) is 0 Å². The summed E-state index contributed by atoms with van der Waals surface area (Å²) in [6.07, 6.45) is 1.41. The van der Waals surface area contributed by atoms with Crippen molar-refractivity contribution in [3.05, 3.63) is 67.0 Å². The van der Waals surface area contributed by atoms with Crippen molar-refractivity contribution in [2.75, 3.05) is 25.3 Å². The number of nitrogens with one attached hydrogen (secondary N) is 1. The van der Waals surface area contributed by atoms with Crippen molar-refractivity contribution in [2.24, 2.45) is 0 Å². The molecule has 0 spiro atoms. The molecule has 0 radical (unpaired) electrons. The highest BCUT2D eigenvalue weighted by Crippen LogP contribution is 2.26. The Morgan fingerprint density at radius 3 is 2.25 bits per heavy atom. The van der Waals surface area contributed by atoms with E-state index >= 15 is 0 Å². The largest absolute Gasteiger partial charge is 0.497 e. The second kappa shape index (κ2) is 11.2. The summed E-state index contributed by atoms with van der Waals surface area (Å²) in [5, 5.41) is 12.0. The smallest absolute Gasteiger partial charge is 0.234 e. The summed E-state index contributed by atoms with van der Waals surface area (Å²) in [6, 6.07) is 14.5. The Bertz CT molecular complexity index is 1040. The molecule has 0 aliphatic carbocycles. The second-order valence-electron chi connectivity index (χ2n) is 6.74. The van der Waals surface area contributed by atoms with E-state index in [-0.39, 0.29) is 17.8 Å². The van der Waals surface area contributed by atoms with Gasteiger partial charge in [-0.1, -0.05) is 17.8 Å². The lowest BCUT2D eigenvalue weighted by Crippen LogP contribution is -2.15. The third kappa shape index (κ3) is 6.04. The van der Waals surface area contributed by atoms with E-state index in [1.807, 2.05) is 35.8 Å². The van der Waals surface area contributed by atoms with Crippen LogP contribution in [0, 0.1) is 0 Å². The molecule has 3 aromatic rings. The van der Waals surface area contributed by atoms with Crippen LogP contribution in [0.2, 0.25) is 0 Å². The van der Waals surface area contributed by atoms with Crippen LogP contribution in [0.4, 0.5) is 5.69 Å². The maximum absolute atomic E-state index is 12.4. The predicted molar refractivity (Wildman–Crippen MR) is 125 cm³/mol. The molecule has 2 aromatic carbocycles. The van der Waals surface area contributed by atoms with Crippen molar-refractivity contribution < 1.29 is 19.0 Å². The van der Waals surface area contributed by atoms with Crippen molar-refractivity contribution >= 4 is 23.4 Å². The Morgan fingerprint density at radius 2 is 1.66 bits per heavy atom. The minimum Gasteiger partial charge on any atom is -0.497 e. The van der Waals surface area contributed by atoms with Crippen molar-refractivity contribution in [2.45, 2.75) is 24.7 Å². The van der Waals surface area contributed by atoms with E-state index < -0.39 is 0 Å². The van der Waals surface area contributed by atoms with E-state index in [0.29, 0.717) is 29.0 Å². The number of benzene rings is 2. The maximum Gasteiger partial charge on any atom is 0.234 e. The zero-order valence-electron chi connectivity index (χ0n) is 18.3. The third-order valence-electron chi connectivity index (χ3n) is 4.50. The molecule has 9 heteroatoms. The highest BCUT2D eigenvalue weighted by atomic mass is 32.2. The zero-order valence-corrected chi connectivity index (χ0v) is 19.1. The molecule has 1 atom stereocenters. The average Bonchev–Trinajstić information content (AvgIpc) is 3.21. The summed E-state index contributed by atoms with van der Waals surface area (Å²) in [4.78, 5) is 12.4. The van der Waals surface area contributed by atoms with Gasteiger partial charge in [-0.2, -0.15) is 0 Å². The number of hydrogen-bond donors (Lipinski definition) is 1. The quantitative estimate of drug-likeness (QED) is 0.340. The normalized spacial score (nSPS) is 11.5. The number of amides is 1. The lowest BCUT2D eigenvalue weighted by molar-refractivity contribution is -0.113. The van der Waals surface area contributed by atoms with Gasteiger partial charge in [-0.05, 0) is 55.5 Å². The Balaban J connectivity index is 1.63. The molecule has 1 amide bonds. The predicted octanol–water partition coefficient (Wildman–Crippen LogP) is 4.35. The lowest BCUT2D eigenvalue weighted by Gasteiger charge is -2.16. The molecule has 168 valence electrons. The molecule has 0 bridgehead atoms. The van der Waals surface area contributed by atoms with Crippen LogP contribution in [0.25, 0.3) is 0 Å². The van der Waals surface area contributed by atoms with Crippen LogP contribution < -0.4 is 19.5 Å². The number of ether oxygens (including phenoxy) is 3. The SMILES string of the molecule is C=CCn1c(SCC(=O)Nc2ccc(OC)cc2)nnc1C(C)Oc1ccc(OC)cc1. The van der Waals surface area contributed by atoms with Crippen LogP contribution in [0.5, 0.6) is 17.2 Å². The first kappa shape index (κ1) is 23.2. The molecule has 0 saturated heterocycles. The molecule has 0 aliphatic rings. The van der Waals surface area contributed by atoms with E-state index in [1.165, 1.54) is 11.8 Å². The molecular weight excluding hydrogens is 428 g/mol. The number of rotatable bonds is 11. The lowest BCUT2D eigenvalue weighted by atomic mass is 10.3. The molecule has 8 nitrogen and oxygen atoms in total. The van der Waals surface area contributed by atoms with Gasteiger partial charge in [-0.15, -0.1) is 16.8 Å². The molecule has 3 rings (SSSR count). The number of anilines is 1. The van der Waals surface area contributed by atoms with Gasteiger partial charge in [-0.3, -0.25) is 9.36 Å². The highest BCUT2D eigenvalue weighted by Gasteiger charge is 2.20. The first-order valence-corrected chi connectivity index (χ1v) is 10.9. The first-order valence-electron chi connectivity index (χ1n) is 9.95. The standard InChI is InChI=1S/C23H26N4O4S/c1-5-14-27-22(16(2)31-20-12-10-19(30-4)11-13-20)25-26-23(27)32-15-21(28)24-17-6-8-18(29-3)9-7-17/h5-13,16H,1,14-15H2,2-4H3,(H,24,28). The number of carbonyl (C=O) groups is 1. The number of methoxy groups -OCH3 is 2. The minimum atomic E-state index is -0.349. The Kier molecular flexibility index (Phi) is 8.15. The van der Waals surface area contributed by atoms with Crippen molar-refractivity contribution in [1.29, 1.82) is 0 Å². The van der Waals surface area contributed by atoms with Crippen molar-refractivity contribution in [1.82, 2.24) is 14.8 Å². The fourth-order valence-corrected chi connectivity index (χ4v) is 3.68. The van der Waals surface area contributed by atoms with Gasteiger partial charge in [0.15, 0.2) is 17.1 Å². The molecule has 0 fully saturated rings. The van der Waals surface area contributed by atoms with Gasteiger partial charge in [0.1, 0.15) is 17.2 Å². The summed E-state index contributed by atoms with van der Waals surface area (Å²) >= 11 is 1.30. The van der Waals surface area contributed by atoms with Crippen molar-refractivity contribution in [3.8, 4) is 17.2 Å². The molecule has 0 aliphatic heterocycles. The zero-order chi connectivity index (χ0) is 22.9. The molecule has 1 heterocycles. The van der Waals surface area contributed by atoms with Gasteiger partial charge in [0.05, 0.1) is 20.0 Å². The summed E-state index contributed by atoms with van der Waals surface area (Å²) in [5.41, 5.74) is 0.700. The van der Waals surface area contributed by atoms with Gasteiger partial charge in [0, 0.05) is 12.2 Å². The minimum absolute atomic E-state index is 0.141. The molecule has 0 saturated carbocycles. The summed E-state index contributed by atoms with van der Waals surface area (Å²) in [6.45, 7) is 6.22. The maximum atomic E-state index is 12.4. The number of thioether (sulfide) groups is 1. The fourth-order valence-electron chi connectivity index (χ4n) is 2.92. The third-order valence-corrected chi connectivity index (χ3v) is 5.47. The Hall–Kier alpha value is -3.46. The van der Waals surface area contributed by atoms with E-state index in [2.05, 4.69) is 22.1 Å². The van der Waals surface area contributed by atoms with Crippen LogP contribution in [-0.2, 0) is 11.3 Å². The summed E-state index contributed by atoms with van der Waals surface area (Å²) in [5.74, 6) is 2.88. The van der Waals surface area contributed by atoms with Crippen LogP contribution in [0.3, 0.4) is 0 Å². The Morgan fingerprint density at radius 1 is 1.06 bits per heavy atom. The van der Waals surface area contributed by atoms with Gasteiger partial charge in [0.2, 0.25) is 5.91 Å². The van der Waals surface area contributed by atoms with Gasteiger partial charge < -0.3 is 19.5 Å². The number of hydrogen-bond acceptors (Lipinski definition) is 7. The molecule has 32 heavy (non-hydrogen) atoms. The summed E-state index contributed by atoms with van der Waals surface area (Å²) < 4.78 is 18.2. The van der Waals surface area contributed by atoms with E-state index in [0.717, 1.165) is 11.5 Å². The number of aromatic nitrogens is 3. The number of carbonyl (C=O) groups excluding carboxylic acids is 1. The summed E-state index contributed by atoms with van der Waals surface area (Å²) in [7, 11) is 3.22. The van der Waals surface area contributed by atoms with E-state index in [9.17, 15) is 4.79 Å². The second-order valence-corrected chi connectivity index (χ2v) is 7.68. The molecular formula is C23H26N4O4S. The van der Waals surface area contributed by atoms with Crippen LogP contribution in [0.1, 0.15) is 18.9 Å². The van der Waals surface area contributed by atoms with E-state index in [4.69, 9.17) is 14.2 Å².